The first-order valence-electron chi connectivity index (χ1n) is 8.64. The fraction of sp³-hybridized carbons (Fsp3) is 0.474. The maximum absolute atomic E-state index is 12.9. The van der Waals surface area contributed by atoms with Crippen LogP contribution in [0.2, 0.25) is 0 Å². The zero-order valence-corrected chi connectivity index (χ0v) is 14.9. The minimum absolute atomic E-state index is 0.0200. The van der Waals surface area contributed by atoms with Crippen LogP contribution >= 0.6 is 0 Å². The number of piperidine rings is 1. The summed E-state index contributed by atoms with van der Waals surface area (Å²) in [4.78, 5) is 26.9. The fourth-order valence-corrected chi connectivity index (χ4v) is 3.29. The topological polar surface area (TPSA) is 71.8 Å². The largest absolute Gasteiger partial charge is 0.496 e. The van der Waals surface area contributed by atoms with Gasteiger partial charge in [0.25, 0.3) is 5.91 Å². The lowest BCUT2D eigenvalue weighted by molar-refractivity contribution is -0.126. The standard InChI is InChI=1S/C19H24N2O4/c1-12(2)20-18(22)13-5-4-7-21(11-13)19(23)14-9-16(24-3)15-6-8-25-17(15)10-14/h6,8-10,12-13H,4-5,7,11H2,1-3H3,(H,20,22)/t13-/m0/s1. The fourth-order valence-electron chi connectivity index (χ4n) is 3.29. The van der Waals surface area contributed by atoms with Crippen LogP contribution in [0, 0.1) is 5.92 Å². The van der Waals surface area contributed by atoms with Crippen molar-refractivity contribution in [1.82, 2.24) is 10.2 Å². The van der Waals surface area contributed by atoms with Crippen LogP contribution in [0.5, 0.6) is 5.75 Å². The number of nitrogens with one attached hydrogen (secondary N) is 1. The number of likely N-dealkylation sites (tertiary alicyclic amines) is 1. The molecule has 1 N–H and O–H groups in total. The Morgan fingerprint density at radius 2 is 2.16 bits per heavy atom. The van der Waals surface area contributed by atoms with Gasteiger partial charge < -0.3 is 19.4 Å². The van der Waals surface area contributed by atoms with Gasteiger partial charge in [-0.25, -0.2) is 0 Å². The molecule has 0 saturated carbocycles. The minimum atomic E-state index is -0.158. The Bertz CT molecular complexity index is 781. The highest BCUT2D eigenvalue weighted by Crippen LogP contribution is 2.29. The van der Waals surface area contributed by atoms with Gasteiger partial charge in [-0.3, -0.25) is 9.59 Å². The number of amides is 2. The van der Waals surface area contributed by atoms with E-state index >= 15 is 0 Å². The van der Waals surface area contributed by atoms with Crippen molar-refractivity contribution in [3.8, 4) is 5.75 Å². The van der Waals surface area contributed by atoms with Crippen LogP contribution in [-0.4, -0.2) is 43.0 Å². The Morgan fingerprint density at radius 3 is 2.88 bits per heavy atom. The first-order valence-corrected chi connectivity index (χ1v) is 8.64. The van der Waals surface area contributed by atoms with Crippen molar-refractivity contribution >= 4 is 22.8 Å². The number of rotatable bonds is 4. The van der Waals surface area contributed by atoms with Crippen LogP contribution in [0.1, 0.15) is 37.0 Å². The third-order valence-corrected chi connectivity index (χ3v) is 4.51. The minimum Gasteiger partial charge on any atom is -0.496 e. The van der Waals surface area contributed by atoms with Crippen molar-refractivity contribution in [3.05, 3.63) is 30.0 Å². The number of carbonyl (C=O) groups excluding carboxylic acids is 2. The second kappa shape index (κ2) is 7.17. The van der Waals surface area contributed by atoms with Gasteiger partial charge in [0.2, 0.25) is 5.91 Å². The number of hydrogen-bond donors (Lipinski definition) is 1. The van der Waals surface area contributed by atoms with E-state index in [1.165, 1.54) is 0 Å². The number of hydrogen-bond acceptors (Lipinski definition) is 4. The summed E-state index contributed by atoms with van der Waals surface area (Å²) >= 11 is 0. The molecule has 2 amide bonds. The molecule has 6 nitrogen and oxygen atoms in total. The molecule has 1 fully saturated rings. The van der Waals surface area contributed by atoms with Crippen LogP contribution in [0.25, 0.3) is 11.0 Å². The molecule has 3 rings (SSSR count). The zero-order chi connectivity index (χ0) is 18.0. The molecule has 1 aromatic carbocycles. The van der Waals surface area contributed by atoms with Gasteiger partial charge in [0.05, 0.1) is 24.7 Å². The predicted octanol–water partition coefficient (Wildman–Crippen LogP) is 2.82. The van der Waals surface area contributed by atoms with Crippen molar-refractivity contribution in [2.45, 2.75) is 32.7 Å². The van der Waals surface area contributed by atoms with E-state index in [-0.39, 0.29) is 23.8 Å². The average molecular weight is 344 g/mol. The Kier molecular flexibility index (Phi) is 4.97. The third-order valence-electron chi connectivity index (χ3n) is 4.51. The van der Waals surface area contributed by atoms with Crippen molar-refractivity contribution in [2.24, 2.45) is 5.92 Å². The molecule has 1 aromatic heterocycles. The number of ether oxygens (including phenoxy) is 1. The number of methoxy groups -OCH3 is 1. The first-order chi connectivity index (χ1) is 12.0. The highest BCUT2D eigenvalue weighted by molar-refractivity contribution is 5.99. The Balaban J connectivity index is 1.79. The lowest BCUT2D eigenvalue weighted by Gasteiger charge is -2.32. The smallest absolute Gasteiger partial charge is 0.254 e. The summed E-state index contributed by atoms with van der Waals surface area (Å²) in [6.45, 7) is 4.97. The van der Waals surface area contributed by atoms with Gasteiger partial charge in [0.15, 0.2) is 0 Å². The third kappa shape index (κ3) is 3.62. The number of fused-ring (bicyclic) bond motifs is 1. The SMILES string of the molecule is COc1cc(C(=O)N2CCC[C@H](C(=O)NC(C)C)C2)cc2occc12. The summed E-state index contributed by atoms with van der Waals surface area (Å²) in [5.41, 5.74) is 1.14. The lowest BCUT2D eigenvalue weighted by Crippen LogP contribution is -2.46. The van der Waals surface area contributed by atoms with E-state index in [1.807, 2.05) is 19.9 Å². The summed E-state index contributed by atoms with van der Waals surface area (Å²) in [6.07, 6.45) is 3.21. The van der Waals surface area contributed by atoms with Crippen molar-refractivity contribution < 1.29 is 18.7 Å². The molecule has 1 aliphatic heterocycles. The van der Waals surface area contributed by atoms with E-state index in [2.05, 4.69) is 5.32 Å². The van der Waals surface area contributed by atoms with E-state index in [0.717, 1.165) is 18.2 Å². The molecule has 0 radical (unpaired) electrons. The Labute approximate surface area is 147 Å². The van der Waals surface area contributed by atoms with Crippen LogP contribution in [0.4, 0.5) is 0 Å². The molecular weight excluding hydrogens is 320 g/mol. The molecule has 25 heavy (non-hydrogen) atoms. The monoisotopic (exact) mass is 344 g/mol. The predicted molar refractivity (Wildman–Crippen MR) is 94.7 cm³/mol. The van der Waals surface area contributed by atoms with E-state index < -0.39 is 0 Å². The molecule has 1 saturated heterocycles. The molecule has 0 unspecified atom stereocenters. The maximum Gasteiger partial charge on any atom is 0.254 e. The average Bonchev–Trinajstić information content (AvgIpc) is 3.08. The van der Waals surface area contributed by atoms with Crippen molar-refractivity contribution in [1.29, 1.82) is 0 Å². The first kappa shape index (κ1) is 17.3. The molecule has 134 valence electrons. The molecule has 0 aliphatic carbocycles. The lowest BCUT2D eigenvalue weighted by atomic mass is 9.96. The van der Waals surface area contributed by atoms with Gasteiger partial charge in [-0.2, -0.15) is 0 Å². The summed E-state index contributed by atoms with van der Waals surface area (Å²) in [6, 6.07) is 5.38. The van der Waals surface area contributed by atoms with Crippen LogP contribution in [0.3, 0.4) is 0 Å². The summed E-state index contributed by atoms with van der Waals surface area (Å²) in [5, 5.41) is 3.78. The second-order valence-corrected chi connectivity index (χ2v) is 6.76. The number of carbonyl (C=O) groups is 2. The summed E-state index contributed by atoms with van der Waals surface area (Å²) < 4.78 is 10.8. The number of furan rings is 1. The zero-order valence-electron chi connectivity index (χ0n) is 14.9. The molecule has 0 bridgehead atoms. The van der Waals surface area contributed by atoms with Gasteiger partial charge in [-0.05, 0) is 44.9 Å². The van der Waals surface area contributed by atoms with Crippen molar-refractivity contribution in [2.75, 3.05) is 20.2 Å². The Hall–Kier alpha value is -2.50. The number of benzene rings is 1. The maximum atomic E-state index is 12.9. The molecule has 2 heterocycles. The molecule has 6 heteroatoms. The molecule has 2 aromatic rings. The van der Waals surface area contributed by atoms with Crippen molar-refractivity contribution in [3.63, 3.8) is 0 Å². The molecule has 1 aliphatic rings. The van der Waals surface area contributed by atoms with Crippen LogP contribution < -0.4 is 10.1 Å². The Morgan fingerprint density at radius 1 is 1.36 bits per heavy atom. The highest BCUT2D eigenvalue weighted by atomic mass is 16.5. The highest BCUT2D eigenvalue weighted by Gasteiger charge is 2.29. The van der Waals surface area contributed by atoms with E-state index in [0.29, 0.717) is 30.0 Å². The van der Waals surface area contributed by atoms with Gasteiger partial charge in [-0.1, -0.05) is 0 Å². The second-order valence-electron chi connectivity index (χ2n) is 6.76. The van der Waals surface area contributed by atoms with Crippen LogP contribution in [-0.2, 0) is 4.79 Å². The van der Waals surface area contributed by atoms with Gasteiger partial charge in [0.1, 0.15) is 11.3 Å². The molecule has 0 spiro atoms. The molecule has 1 atom stereocenters. The summed E-state index contributed by atoms with van der Waals surface area (Å²) in [5.74, 6) is 0.375. The molecular formula is C19H24N2O4. The van der Waals surface area contributed by atoms with E-state index in [4.69, 9.17) is 9.15 Å². The van der Waals surface area contributed by atoms with E-state index in [9.17, 15) is 9.59 Å². The number of nitrogens with zero attached hydrogens (tertiary/aromatic N) is 1. The normalized spacial score (nSPS) is 17.8. The van der Waals surface area contributed by atoms with E-state index in [1.54, 1.807) is 30.4 Å². The van der Waals surface area contributed by atoms with Crippen LogP contribution in [0.15, 0.2) is 28.9 Å². The summed E-state index contributed by atoms with van der Waals surface area (Å²) in [7, 11) is 1.57. The quantitative estimate of drug-likeness (QED) is 0.926. The van der Waals surface area contributed by atoms with Gasteiger partial charge in [0, 0.05) is 24.7 Å². The van der Waals surface area contributed by atoms with Gasteiger partial charge >= 0.3 is 0 Å². The van der Waals surface area contributed by atoms with Gasteiger partial charge in [-0.15, -0.1) is 0 Å².